The summed E-state index contributed by atoms with van der Waals surface area (Å²) in [4.78, 5) is 6.68. The third-order valence-corrected chi connectivity index (χ3v) is 4.23. The van der Waals surface area contributed by atoms with Crippen LogP contribution in [0, 0.1) is 12.8 Å². The average Bonchev–Trinajstić information content (AvgIpc) is 3.07. The topological polar surface area (TPSA) is 55.3 Å². The molecule has 0 saturated carbocycles. The van der Waals surface area contributed by atoms with Crippen molar-refractivity contribution in [3.63, 3.8) is 0 Å². The summed E-state index contributed by atoms with van der Waals surface area (Å²) in [5, 5.41) is 3.38. The van der Waals surface area contributed by atoms with Gasteiger partial charge in [-0.25, -0.2) is 0 Å². The molecule has 6 nitrogen and oxygen atoms in total. The smallest absolute Gasteiger partial charge is 0.193 e. The minimum absolute atomic E-state index is 0. The van der Waals surface area contributed by atoms with Crippen LogP contribution in [0.4, 0.5) is 0 Å². The predicted molar refractivity (Wildman–Crippen MR) is 116 cm³/mol. The first-order valence-electron chi connectivity index (χ1n) is 8.94. The van der Waals surface area contributed by atoms with Gasteiger partial charge < -0.3 is 24.4 Å². The highest BCUT2D eigenvalue weighted by Crippen LogP contribution is 2.16. The molecule has 0 radical (unpaired) electrons. The fourth-order valence-corrected chi connectivity index (χ4v) is 2.92. The van der Waals surface area contributed by atoms with E-state index < -0.39 is 0 Å². The minimum atomic E-state index is 0. The quantitative estimate of drug-likeness (QED) is 0.257. The highest BCUT2D eigenvalue weighted by Gasteiger charge is 2.24. The Morgan fingerprint density at radius 1 is 1.31 bits per heavy atom. The van der Waals surface area contributed by atoms with Gasteiger partial charge in [0.15, 0.2) is 5.96 Å². The van der Waals surface area contributed by atoms with Gasteiger partial charge in [0.25, 0.3) is 0 Å². The number of guanidine groups is 1. The molecule has 1 heterocycles. The number of benzene rings is 1. The zero-order chi connectivity index (χ0) is 17.9. The largest absolute Gasteiger partial charge is 0.492 e. The molecule has 1 aliphatic heterocycles. The van der Waals surface area contributed by atoms with Gasteiger partial charge in [-0.3, -0.25) is 4.99 Å². The first-order valence-corrected chi connectivity index (χ1v) is 8.94. The summed E-state index contributed by atoms with van der Waals surface area (Å²) in [7, 11) is 3.52. The number of rotatable bonds is 9. The van der Waals surface area contributed by atoms with Crippen LogP contribution >= 0.6 is 24.0 Å². The molecule has 1 N–H and O–H groups in total. The fraction of sp³-hybridized carbons (Fsp3) is 0.632. The van der Waals surface area contributed by atoms with E-state index in [-0.39, 0.29) is 24.0 Å². The van der Waals surface area contributed by atoms with Gasteiger partial charge in [-0.2, -0.15) is 0 Å². The van der Waals surface area contributed by atoms with E-state index in [1.165, 1.54) is 5.56 Å². The Hall–Kier alpha value is -1.06. The zero-order valence-corrected chi connectivity index (χ0v) is 18.4. The molecule has 1 fully saturated rings. The van der Waals surface area contributed by atoms with Crippen LogP contribution in [0.5, 0.6) is 5.75 Å². The highest BCUT2D eigenvalue weighted by molar-refractivity contribution is 14.0. The molecule has 1 aromatic carbocycles. The molecule has 2 rings (SSSR count). The van der Waals surface area contributed by atoms with E-state index in [0.29, 0.717) is 25.7 Å². The predicted octanol–water partition coefficient (Wildman–Crippen LogP) is 2.55. The number of nitrogens with zero attached hydrogens (tertiary/aromatic N) is 2. The number of ether oxygens (including phenoxy) is 3. The summed E-state index contributed by atoms with van der Waals surface area (Å²) in [5.74, 6) is 2.40. The molecular weight excluding hydrogens is 445 g/mol. The number of aliphatic imine (C=N–C) groups is 1. The normalized spacial score (nSPS) is 17.1. The first-order chi connectivity index (χ1) is 12.2. The van der Waals surface area contributed by atoms with Gasteiger partial charge in [0, 0.05) is 33.2 Å². The summed E-state index contributed by atoms with van der Waals surface area (Å²) >= 11 is 0. The molecule has 0 bridgehead atoms. The van der Waals surface area contributed by atoms with Crippen molar-refractivity contribution in [1.29, 1.82) is 0 Å². The molecule has 1 atom stereocenters. The van der Waals surface area contributed by atoms with Gasteiger partial charge in [-0.05, 0) is 31.0 Å². The molecule has 0 spiro atoms. The average molecular weight is 477 g/mol. The molecule has 1 unspecified atom stereocenters. The molecule has 0 amide bonds. The lowest BCUT2D eigenvalue weighted by molar-refractivity contribution is 0.0536. The molecule has 1 saturated heterocycles. The number of halogens is 1. The number of hydrogen-bond donors (Lipinski definition) is 1. The maximum atomic E-state index is 5.77. The van der Waals surface area contributed by atoms with Crippen LogP contribution in [0.1, 0.15) is 12.0 Å². The summed E-state index contributed by atoms with van der Waals surface area (Å²) in [5.41, 5.74) is 1.21. The second-order valence-corrected chi connectivity index (χ2v) is 6.31. The summed E-state index contributed by atoms with van der Waals surface area (Å²) in [6, 6.07) is 8.10. The lowest BCUT2D eigenvalue weighted by Crippen LogP contribution is -2.41. The number of likely N-dealkylation sites (tertiary alicyclic amines) is 1. The summed E-state index contributed by atoms with van der Waals surface area (Å²) < 4.78 is 16.4. The Morgan fingerprint density at radius 3 is 2.88 bits per heavy atom. The SMILES string of the molecule is CN=C(NCCOc1cccc(C)c1)N1CCC(COCCOC)C1.I. The third kappa shape index (κ3) is 8.09. The second kappa shape index (κ2) is 13.2. The maximum Gasteiger partial charge on any atom is 0.193 e. The van der Waals surface area contributed by atoms with Crippen molar-refractivity contribution in [3.05, 3.63) is 29.8 Å². The molecule has 0 aromatic heterocycles. The number of aryl methyl sites for hydroxylation is 1. The van der Waals surface area contributed by atoms with Gasteiger partial charge in [-0.15, -0.1) is 24.0 Å². The van der Waals surface area contributed by atoms with Crippen molar-refractivity contribution in [1.82, 2.24) is 10.2 Å². The van der Waals surface area contributed by atoms with Crippen LogP contribution in [-0.2, 0) is 9.47 Å². The monoisotopic (exact) mass is 477 g/mol. The van der Waals surface area contributed by atoms with E-state index in [9.17, 15) is 0 Å². The van der Waals surface area contributed by atoms with Gasteiger partial charge in [0.05, 0.1) is 26.4 Å². The first kappa shape index (κ1) is 23.0. The Kier molecular flexibility index (Phi) is 11.6. The summed E-state index contributed by atoms with van der Waals surface area (Å²) in [6.07, 6.45) is 1.13. The van der Waals surface area contributed by atoms with Crippen molar-refractivity contribution in [2.45, 2.75) is 13.3 Å². The van der Waals surface area contributed by atoms with Crippen LogP contribution in [0.25, 0.3) is 0 Å². The van der Waals surface area contributed by atoms with Crippen LogP contribution in [0.15, 0.2) is 29.3 Å². The van der Waals surface area contributed by atoms with Crippen LogP contribution < -0.4 is 10.1 Å². The minimum Gasteiger partial charge on any atom is -0.492 e. The molecule has 26 heavy (non-hydrogen) atoms. The second-order valence-electron chi connectivity index (χ2n) is 6.31. The summed E-state index contributed by atoms with van der Waals surface area (Å²) in [6.45, 7) is 7.49. The van der Waals surface area contributed by atoms with Crippen molar-refractivity contribution in [2.75, 3.05) is 60.2 Å². The van der Waals surface area contributed by atoms with Crippen molar-refractivity contribution in [3.8, 4) is 5.75 Å². The van der Waals surface area contributed by atoms with E-state index in [0.717, 1.165) is 44.4 Å². The molecule has 0 aliphatic carbocycles. The number of nitrogens with one attached hydrogen (secondary N) is 1. The number of hydrogen-bond acceptors (Lipinski definition) is 4. The van der Waals surface area contributed by atoms with Gasteiger partial charge in [0.1, 0.15) is 12.4 Å². The maximum absolute atomic E-state index is 5.77. The van der Waals surface area contributed by atoms with Crippen molar-refractivity contribution in [2.24, 2.45) is 10.9 Å². The van der Waals surface area contributed by atoms with Crippen LogP contribution in [0.3, 0.4) is 0 Å². The Bertz CT molecular complexity index is 543. The molecule has 1 aliphatic rings. The van der Waals surface area contributed by atoms with E-state index in [2.05, 4.69) is 28.2 Å². The van der Waals surface area contributed by atoms with E-state index in [4.69, 9.17) is 14.2 Å². The Morgan fingerprint density at radius 2 is 2.15 bits per heavy atom. The van der Waals surface area contributed by atoms with Gasteiger partial charge in [-0.1, -0.05) is 12.1 Å². The van der Waals surface area contributed by atoms with Gasteiger partial charge >= 0.3 is 0 Å². The number of methoxy groups -OCH3 is 1. The van der Waals surface area contributed by atoms with Gasteiger partial charge in [0.2, 0.25) is 0 Å². The van der Waals surface area contributed by atoms with E-state index in [1.54, 1.807) is 7.11 Å². The molecule has 7 heteroatoms. The molecular formula is C19H32IN3O3. The third-order valence-electron chi connectivity index (χ3n) is 4.23. The zero-order valence-electron chi connectivity index (χ0n) is 16.1. The van der Waals surface area contributed by atoms with Crippen molar-refractivity contribution >= 4 is 29.9 Å². The van der Waals surface area contributed by atoms with E-state index >= 15 is 0 Å². The Labute approximate surface area is 174 Å². The fourth-order valence-electron chi connectivity index (χ4n) is 2.92. The molecule has 148 valence electrons. The lowest BCUT2D eigenvalue weighted by Gasteiger charge is -2.21. The van der Waals surface area contributed by atoms with E-state index in [1.807, 2.05) is 25.2 Å². The van der Waals surface area contributed by atoms with Crippen LogP contribution in [-0.4, -0.2) is 71.1 Å². The van der Waals surface area contributed by atoms with Crippen LogP contribution in [0.2, 0.25) is 0 Å². The Balaban J connectivity index is 0.00000338. The lowest BCUT2D eigenvalue weighted by atomic mass is 10.1. The molecule has 1 aromatic rings. The van der Waals surface area contributed by atoms with Crippen molar-refractivity contribution < 1.29 is 14.2 Å². The highest BCUT2D eigenvalue weighted by atomic mass is 127. The standard InChI is InChI=1S/C19H31N3O3.HI/c1-16-5-4-6-18(13-16)25-10-8-21-19(20-2)22-9-7-17(14-22)15-24-12-11-23-3;/h4-6,13,17H,7-12,14-15H2,1-3H3,(H,20,21);1H.